The molecule has 0 bridgehead atoms. The van der Waals surface area contributed by atoms with Crippen molar-refractivity contribution in [3.63, 3.8) is 0 Å². The third-order valence-electron chi connectivity index (χ3n) is 2.85. The molecule has 0 spiro atoms. The Kier molecular flexibility index (Phi) is 4.56. The molecule has 0 saturated carbocycles. The van der Waals surface area contributed by atoms with Gasteiger partial charge in [-0.2, -0.15) is 0 Å². The summed E-state index contributed by atoms with van der Waals surface area (Å²) in [5.74, 6) is -1.74. The fourth-order valence-electron chi connectivity index (χ4n) is 1.93. The van der Waals surface area contributed by atoms with E-state index in [1.54, 1.807) is 6.07 Å². The molecule has 0 aliphatic heterocycles. The van der Waals surface area contributed by atoms with Crippen LogP contribution in [-0.2, 0) is 0 Å². The molecular weight excluding hydrogens is 272 g/mol. The number of nitrogens with one attached hydrogen (secondary N) is 1. The van der Waals surface area contributed by atoms with E-state index in [4.69, 9.17) is 16.0 Å². The molecule has 19 heavy (non-hydrogen) atoms. The lowest BCUT2D eigenvalue weighted by molar-refractivity contribution is 0.478. The predicted molar refractivity (Wildman–Crippen MR) is 70.2 cm³/mol. The summed E-state index contributed by atoms with van der Waals surface area (Å²) in [4.78, 5) is 0. The average Bonchev–Trinajstić information content (AvgIpc) is 2.81. The molecule has 2 nitrogen and oxygen atoms in total. The second-order valence-electron chi connectivity index (χ2n) is 4.18. The fraction of sp³-hybridized carbons (Fsp3) is 0.286. The molecular formula is C14H14ClF2NO. The van der Waals surface area contributed by atoms with Crippen LogP contribution in [0.3, 0.4) is 0 Å². The molecule has 0 saturated heterocycles. The van der Waals surface area contributed by atoms with Crippen LogP contribution in [0.4, 0.5) is 8.78 Å². The van der Waals surface area contributed by atoms with E-state index in [1.807, 2.05) is 6.92 Å². The topological polar surface area (TPSA) is 25.2 Å². The lowest BCUT2D eigenvalue weighted by Crippen LogP contribution is -2.24. The summed E-state index contributed by atoms with van der Waals surface area (Å²) in [7, 11) is 0. The molecule has 0 fully saturated rings. The molecule has 0 radical (unpaired) electrons. The summed E-state index contributed by atoms with van der Waals surface area (Å²) in [6, 6.07) is 5.23. The van der Waals surface area contributed by atoms with Crippen molar-refractivity contribution >= 4 is 11.6 Å². The Balaban J connectivity index is 2.43. The number of halogens is 3. The maximum atomic E-state index is 13.9. The highest BCUT2D eigenvalue weighted by molar-refractivity contribution is 6.29. The van der Waals surface area contributed by atoms with Gasteiger partial charge in [-0.15, -0.1) is 0 Å². The summed E-state index contributed by atoms with van der Waals surface area (Å²) in [6.07, 6.45) is 2.29. The van der Waals surface area contributed by atoms with Gasteiger partial charge in [0.25, 0.3) is 0 Å². The van der Waals surface area contributed by atoms with Gasteiger partial charge in [-0.3, -0.25) is 0 Å². The summed E-state index contributed by atoms with van der Waals surface area (Å²) in [5.41, 5.74) is 0.816. The van der Waals surface area contributed by atoms with E-state index in [0.717, 1.165) is 12.5 Å². The molecule has 0 aliphatic carbocycles. The Labute approximate surface area is 115 Å². The molecule has 0 amide bonds. The normalized spacial score (nSPS) is 12.6. The van der Waals surface area contributed by atoms with Crippen molar-refractivity contribution in [2.24, 2.45) is 0 Å². The third kappa shape index (κ3) is 2.96. The van der Waals surface area contributed by atoms with E-state index in [9.17, 15) is 8.78 Å². The summed E-state index contributed by atoms with van der Waals surface area (Å²) < 4.78 is 32.3. The molecule has 5 heteroatoms. The quantitative estimate of drug-likeness (QED) is 0.886. The number of furan rings is 1. The van der Waals surface area contributed by atoms with Crippen LogP contribution < -0.4 is 5.32 Å². The second-order valence-corrected chi connectivity index (χ2v) is 4.52. The number of hydrogen-bond acceptors (Lipinski definition) is 2. The van der Waals surface area contributed by atoms with Gasteiger partial charge in [-0.05, 0) is 36.7 Å². The van der Waals surface area contributed by atoms with Crippen molar-refractivity contribution in [3.05, 3.63) is 58.5 Å². The Morgan fingerprint density at radius 1 is 1.26 bits per heavy atom. The highest BCUT2D eigenvalue weighted by Gasteiger charge is 2.22. The zero-order valence-electron chi connectivity index (χ0n) is 10.4. The van der Waals surface area contributed by atoms with Crippen LogP contribution in [0.15, 0.2) is 34.9 Å². The molecule has 1 N–H and O–H groups in total. The van der Waals surface area contributed by atoms with Crippen molar-refractivity contribution in [2.75, 3.05) is 6.54 Å². The first-order valence-corrected chi connectivity index (χ1v) is 6.43. The smallest absolute Gasteiger partial charge is 0.198 e. The van der Waals surface area contributed by atoms with Gasteiger partial charge in [0.2, 0.25) is 0 Å². The van der Waals surface area contributed by atoms with E-state index in [-0.39, 0.29) is 10.8 Å². The van der Waals surface area contributed by atoms with Gasteiger partial charge in [0.05, 0.1) is 12.3 Å². The van der Waals surface area contributed by atoms with Crippen LogP contribution in [-0.4, -0.2) is 6.54 Å². The molecule has 0 aliphatic rings. The first-order chi connectivity index (χ1) is 9.15. The van der Waals surface area contributed by atoms with Gasteiger partial charge in [0.15, 0.2) is 16.9 Å². The van der Waals surface area contributed by atoms with Gasteiger partial charge in [-0.25, -0.2) is 8.78 Å². The number of benzene rings is 1. The Morgan fingerprint density at radius 3 is 2.68 bits per heavy atom. The maximum absolute atomic E-state index is 13.9. The van der Waals surface area contributed by atoms with E-state index < -0.39 is 17.7 Å². The van der Waals surface area contributed by atoms with Crippen LogP contribution >= 0.6 is 11.6 Å². The van der Waals surface area contributed by atoms with Crippen LogP contribution in [0.2, 0.25) is 5.22 Å². The van der Waals surface area contributed by atoms with Gasteiger partial charge in [-0.1, -0.05) is 19.1 Å². The highest BCUT2D eigenvalue weighted by atomic mass is 35.5. The van der Waals surface area contributed by atoms with Gasteiger partial charge in [0.1, 0.15) is 0 Å². The molecule has 2 rings (SSSR count). The molecule has 2 aromatic rings. The summed E-state index contributed by atoms with van der Waals surface area (Å²) in [5, 5.41) is 3.32. The van der Waals surface area contributed by atoms with Crippen molar-refractivity contribution in [3.8, 4) is 0 Å². The van der Waals surface area contributed by atoms with E-state index in [1.165, 1.54) is 18.4 Å². The van der Waals surface area contributed by atoms with Crippen LogP contribution in [0.25, 0.3) is 0 Å². The van der Waals surface area contributed by atoms with Gasteiger partial charge < -0.3 is 9.73 Å². The average molecular weight is 286 g/mol. The minimum absolute atomic E-state index is 0.178. The molecule has 1 aromatic heterocycles. The predicted octanol–water partition coefficient (Wildman–Crippen LogP) is 4.30. The second kappa shape index (κ2) is 6.17. The maximum Gasteiger partial charge on any atom is 0.198 e. The molecule has 1 unspecified atom stereocenters. The van der Waals surface area contributed by atoms with Crippen LogP contribution in [0.5, 0.6) is 0 Å². The minimum atomic E-state index is -0.875. The monoisotopic (exact) mass is 285 g/mol. The van der Waals surface area contributed by atoms with Crippen molar-refractivity contribution in [1.82, 2.24) is 5.32 Å². The van der Waals surface area contributed by atoms with E-state index in [2.05, 4.69) is 5.32 Å². The zero-order chi connectivity index (χ0) is 13.8. The minimum Gasteiger partial charge on any atom is -0.453 e. The summed E-state index contributed by atoms with van der Waals surface area (Å²) >= 11 is 5.93. The van der Waals surface area contributed by atoms with E-state index >= 15 is 0 Å². The molecule has 102 valence electrons. The van der Waals surface area contributed by atoms with Crippen molar-refractivity contribution in [1.29, 1.82) is 0 Å². The van der Waals surface area contributed by atoms with Crippen LogP contribution in [0, 0.1) is 11.6 Å². The Bertz CT molecular complexity index is 556. The Hall–Kier alpha value is -1.39. The lowest BCUT2D eigenvalue weighted by atomic mass is 10.00. The standard InChI is InChI=1S/C14H14ClF2NO/c1-2-7-18-13(10-6-8-19-14(10)15)9-4-3-5-11(16)12(9)17/h3-6,8,13,18H,2,7H2,1H3. The van der Waals surface area contributed by atoms with Crippen molar-refractivity contribution < 1.29 is 13.2 Å². The van der Waals surface area contributed by atoms with Gasteiger partial charge >= 0.3 is 0 Å². The number of rotatable bonds is 5. The number of hydrogen-bond donors (Lipinski definition) is 1. The summed E-state index contributed by atoms with van der Waals surface area (Å²) in [6.45, 7) is 2.64. The van der Waals surface area contributed by atoms with E-state index in [0.29, 0.717) is 12.1 Å². The largest absolute Gasteiger partial charge is 0.453 e. The SMILES string of the molecule is CCCNC(c1ccoc1Cl)c1cccc(F)c1F. The molecule has 1 heterocycles. The third-order valence-corrected chi connectivity index (χ3v) is 3.16. The molecule has 1 aromatic carbocycles. The van der Waals surface area contributed by atoms with Gasteiger partial charge in [0, 0.05) is 11.1 Å². The first-order valence-electron chi connectivity index (χ1n) is 6.05. The first kappa shape index (κ1) is 14.0. The zero-order valence-corrected chi connectivity index (χ0v) is 11.2. The Morgan fingerprint density at radius 2 is 2.05 bits per heavy atom. The lowest BCUT2D eigenvalue weighted by Gasteiger charge is -2.19. The van der Waals surface area contributed by atoms with Crippen LogP contribution in [0.1, 0.15) is 30.5 Å². The van der Waals surface area contributed by atoms with Crippen molar-refractivity contribution in [2.45, 2.75) is 19.4 Å². The fourth-order valence-corrected chi connectivity index (χ4v) is 2.15. The molecule has 1 atom stereocenters. The highest BCUT2D eigenvalue weighted by Crippen LogP contribution is 2.31.